The largest absolute Gasteiger partial charge is 0.440 e. The molecule has 2 aromatic rings. The van der Waals surface area contributed by atoms with Crippen LogP contribution in [0, 0.1) is 0 Å². The molecule has 4 heteroatoms. The van der Waals surface area contributed by atoms with Crippen molar-refractivity contribution in [3.8, 4) is 11.3 Å². The lowest BCUT2D eigenvalue weighted by atomic mass is 10.2. The Bertz CT molecular complexity index is 455. The van der Waals surface area contributed by atoms with Crippen molar-refractivity contribution >= 4 is 11.8 Å². The molecule has 3 nitrogen and oxygen atoms in total. The summed E-state index contributed by atoms with van der Waals surface area (Å²) in [4.78, 5) is 4.23. The summed E-state index contributed by atoms with van der Waals surface area (Å²) in [6.45, 7) is 2.16. The number of oxazole rings is 1. The predicted molar refractivity (Wildman–Crippen MR) is 69.8 cm³/mol. The van der Waals surface area contributed by atoms with Crippen LogP contribution in [-0.2, 0) is 5.75 Å². The van der Waals surface area contributed by atoms with Crippen LogP contribution in [0.4, 0.5) is 0 Å². The van der Waals surface area contributed by atoms with Gasteiger partial charge in [-0.25, -0.2) is 4.98 Å². The SMILES string of the molecule is CC(CO)SCc1ncc(-c2ccccc2)o1. The maximum Gasteiger partial charge on any atom is 0.204 e. The average Bonchev–Trinajstić information content (AvgIpc) is 2.86. The van der Waals surface area contributed by atoms with Crippen LogP contribution in [0.15, 0.2) is 40.9 Å². The molecule has 17 heavy (non-hydrogen) atoms. The Morgan fingerprint density at radius 2 is 2.12 bits per heavy atom. The van der Waals surface area contributed by atoms with Crippen molar-refractivity contribution < 1.29 is 9.52 Å². The van der Waals surface area contributed by atoms with Crippen LogP contribution in [0.3, 0.4) is 0 Å². The van der Waals surface area contributed by atoms with Crippen molar-refractivity contribution in [1.29, 1.82) is 0 Å². The quantitative estimate of drug-likeness (QED) is 0.885. The van der Waals surface area contributed by atoms with E-state index < -0.39 is 0 Å². The Labute approximate surface area is 105 Å². The fraction of sp³-hybridized carbons (Fsp3) is 0.308. The van der Waals surface area contributed by atoms with Crippen molar-refractivity contribution in [2.75, 3.05) is 6.61 Å². The molecule has 1 atom stereocenters. The normalized spacial score (nSPS) is 12.6. The minimum absolute atomic E-state index is 0.177. The highest BCUT2D eigenvalue weighted by Crippen LogP contribution is 2.23. The first kappa shape index (κ1) is 12.2. The average molecular weight is 249 g/mol. The van der Waals surface area contributed by atoms with E-state index in [1.54, 1.807) is 18.0 Å². The van der Waals surface area contributed by atoms with Gasteiger partial charge >= 0.3 is 0 Å². The molecular formula is C13H15NO2S. The first-order valence-corrected chi connectivity index (χ1v) is 6.57. The highest BCUT2D eigenvalue weighted by atomic mass is 32.2. The molecule has 0 radical (unpaired) electrons. The van der Waals surface area contributed by atoms with E-state index in [-0.39, 0.29) is 11.9 Å². The summed E-state index contributed by atoms with van der Waals surface area (Å²) in [5.41, 5.74) is 1.03. The fourth-order valence-electron chi connectivity index (χ4n) is 1.38. The molecule has 1 heterocycles. The van der Waals surface area contributed by atoms with Crippen molar-refractivity contribution in [2.24, 2.45) is 0 Å². The Kier molecular flexibility index (Phi) is 4.23. The number of benzene rings is 1. The van der Waals surface area contributed by atoms with E-state index in [0.717, 1.165) is 11.3 Å². The number of hydrogen-bond acceptors (Lipinski definition) is 4. The molecule has 1 aromatic carbocycles. The molecule has 2 rings (SSSR count). The lowest BCUT2D eigenvalue weighted by molar-refractivity contribution is 0.300. The van der Waals surface area contributed by atoms with Gasteiger partial charge in [0.1, 0.15) is 0 Å². The predicted octanol–water partition coefficient (Wildman–Crippen LogP) is 2.96. The second-order valence-electron chi connectivity index (χ2n) is 3.79. The van der Waals surface area contributed by atoms with Crippen molar-refractivity contribution in [3.05, 3.63) is 42.4 Å². The van der Waals surface area contributed by atoms with Gasteiger partial charge in [-0.15, -0.1) is 11.8 Å². The van der Waals surface area contributed by atoms with Crippen LogP contribution in [0.5, 0.6) is 0 Å². The van der Waals surface area contributed by atoms with Gasteiger partial charge in [0.2, 0.25) is 5.89 Å². The summed E-state index contributed by atoms with van der Waals surface area (Å²) in [5, 5.41) is 9.13. The first-order chi connectivity index (χ1) is 8.29. The molecule has 1 unspecified atom stereocenters. The summed E-state index contributed by atoms with van der Waals surface area (Å²) in [7, 11) is 0. The minimum Gasteiger partial charge on any atom is -0.440 e. The lowest BCUT2D eigenvalue weighted by Crippen LogP contribution is -2.02. The third-order valence-corrected chi connectivity index (χ3v) is 3.49. The fourth-order valence-corrected chi connectivity index (χ4v) is 2.05. The maximum atomic E-state index is 8.92. The molecule has 0 amide bonds. The molecule has 0 spiro atoms. The van der Waals surface area contributed by atoms with Gasteiger partial charge in [0.15, 0.2) is 5.76 Å². The van der Waals surface area contributed by atoms with Crippen molar-refractivity contribution in [3.63, 3.8) is 0 Å². The van der Waals surface area contributed by atoms with Crippen LogP contribution < -0.4 is 0 Å². The van der Waals surface area contributed by atoms with E-state index >= 15 is 0 Å². The number of aliphatic hydroxyl groups is 1. The molecule has 0 fully saturated rings. The Balaban J connectivity index is 2.01. The second-order valence-corrected chi connectivity index (χ2v) is 5.22. The monoisotopic (exact) mass is 249 g/mol. The van der Waals surface area contributed by atoms with Crippen molar-refractivity contribution in [2.45, 2.75) is 17.9 Å². The van der Waals surface area contributed by atoms with Gasteiger partial charge in [0, 0.05) is 10.8 Å². The Morgan fingerprint density at radius 3 is 2.82 bits per heavy atom. The van der Waals surface area contributed by atoms with Gasteiger partial charge in [-0.1, -0.05) is 37.3 Å². The minimum atomic E-state index is 0.177. The summed E-state index contributed by atoms with van der Waals surface area (Å²) in [6, 6.07) is 9.90. The van der Waals surface area contributed by atoms with Crippen LogP contribution in [0.1, 0.15) is 12.8 Å². The number of aliphatic hydroxyl groups excluding tert-OH is 1. The molecule has 1 N–H and O–H groups in total. The zero-order valence-electron chi connectivity index (χ0n) is 9.67. The molecule has 0 aliphatic carbocycles. The number of hydrogen-bond donors (Lipinski definition) is 1. The van der Waals surface area contributed by atoms with E-state index in [9.17, 15) is 0 Å². The number of rotatable bonds is 5. The van der Waals surface area contributed by atoms with Gasteiger partial charge < -0.3 is 9.52 Å². The van der Waals surface area contributed by atoms with E-state index in [1.165, 1.54) is 0 Å². The summed E-state index contributed by atoms with van der Waals surface area (Å²) >= 11 is 1.63. The van der Waals surface area contributed by atoms with E-state index in [4.69, 9.17) is 9.52 Å². The van der Waals surface area contributed by atoms with Crippen LogP contribution >= 0.6 is 11.8 Å². The zero-order chi connectivity index (χ0) is 12.1. The first-order valence-electron chi connectivity index (χ1n) is 5.52. The maximum absolute atomic E-state index is 8.92. The summed E-state index contributed by atoms with van der Waals surface area (Å²) < 4.78 is 5.65. The van der Waals surface area contributed by atoms with Crippen molar-refractivity contribution in [1.82, 2.24) is 4.98 Å². The molecule has 0 saturated carbocycles. The number of nitrogens with zero attached hydrogens (tertiary/aromatic N) is 1. The van der Waals surface area contributed by atoms with Gasteiger partial charge in [0.25, 0.3) is 0 Å². The van der Waals surface area contributed by atoms with Gasteiger partial charge in [-0.3, -0.25) is 0 Å². The number of thioether (sulfide) groups is 1. The van der Waals surface area contributed by atoms with Crippen LogP contribution in [0.25, 0.3) is 11.3 Å². The third-order valence-electron chi connectivity index (χ3n) is 2.36. The Hall–Kier alpha value is -1.26. The topological polar surface area (TPSA) is 46.3 Å². The third kappa shape index (κ3) is 3.35. The second kappa shape index (κ2) is 5.89. The Morgan fingerprint density at radius 1 is 1.35 bits per heavy atom. The van der Waals surface area contributed by atoms with Gasteiger partial charge in [0.05, 0.1) is 18.6 Å². The van der Waals surface area contributed by atoms with E-state index in [2.05, 4.69) is 4.98 Å². The van der Waals surface area contributed by atoms with Crippen LogP contribution in [-0.4, -0.2) is 21.9 Å². The standard InChI is InChI=1S/C13H15NO2S/c1-10(8-15)17-9-13-14-7-12(16-13)11-5-3-2-4-6-11/h2-7,10,15H,8-9H2,1H3. The number of aromatic nitrogens is 1. The smallest absolute Gasteiger partial charge is 0.204 e. The van der Waals surface area contributed by atoms with Gasteiger partial charge in [-0.05, 0) is 0 Å². The molecule has 0 saturated heterocycles. The molecule has 1 aromatic heterocycles. The lowest BCUT2D eigenvalue weighted by Gasteiger charge is -2.04. The molecular weight excluding hydrogens is 234 g/mol. The molecule has 0 bridgehead atoms. The highest BCUT2D eigenvalue weighted by Gasteiger charge is 2.08. The van der Waals surface area contributed by atoms with E-state index in [0.29, 0.717) is 11.6 Å². The van der Waals surface area contributed by atoms with Gasteiger partial charge in [-0.2, -0.15) is 0 Å². The molecule has 90 valence electrons. The zero-order valence-corrected chi connectivity index (χ0v) is 10.5. The van der Waals surface area contributed by atoms with E-state index in [1.807, 2.05) is 37.3 Å². The highest BCUT2D eigenvalue weighted by molar-refractivity contribution is 7.99. The summed E-state index contributed by atoms with van der Waals surface area (Å²) in [6.07, 6.45) is 1.74. The van der Waals surface area contributed by atoms with Crippen LogP contribution in [0.2, 0.25) is 0 Å². The molecule has 0 aliphatic rings. The molecule has 0 aliphatic heterocycles. The summed E-state index contributed by atoms with van der Waals surface area (Å²) in [5.74, 6) is 2.18.